The fourth-order valence-corrected chi connectivity index (χ4v) is 1.07. The predicted octanol–water partition coefficient (Wildman–Crippen LogP) is 2.69. The SMILES string of the molecule is O=C1OCC(C(F)(F)C(F)(F)C(F)(F)C(F)F)O1. The van der Waals surface area contributed by atoms with Gasteiger partial charge in [-0.3, -0.25) is 0 Å². The van der Waals surface area contributed by atoms with E-state index in [1.807, 2.05) is 0 Å². The fraction of sp³-hybridized carbons (Fsp3) is 0.857. The van der Waals surface area contributed by atoms with Gasteiger partial charge in [0.2, 0.25) is 6.10 Å². The lowest BCUT2D eigenvalue weighted by molar-refractivity contribution is -0.353. The Morgan fingerprint density at radius 3 is 1.94 bits per heavy atom. The molecule has 0 amide bonds. The van der Waals surface area contributed by atoms with E-state index in [0.717, 1.165) is 0 Å². The van der Waals surface area contributed by atoms with Gasteiger partial charge in [-0.05, 0) is 0 Å². The van der Waals surface area contributed by atoms with Gasteiger partial charge in [0, 0.05) is 0 Å². The molecule has 0 aliphatic carbocycles. The van der Waals surface area contributed by atoms with Crippen LogP contribution in [0.2, 0.25) is 0 Å². The molecule has 0 spiro atoms. The molecule has 106 valence electrons. The van der Waals surface area contributed by atoms with Gasteiger partial charge < -0.3 is 9.47 Å². The van der Waals surface area contributed by atoms with E-state index in [-0.39, 0.29) is 0 Å². The van der Waals surface area contributed by atoms with E-state index in [4.69, 9.17) is 0 Å². The number of alkyl halides is 8. The molecule has 0 saturated carbocycles. The topological polar surface area (TPSA) is 35.5 Å². The predicted molar refractivity (Wildman–Crippen MR) is 37.1 cm³/mol. The maximum atomic E-state index is 13.0. The van der Waals surface area contributed by atoms with Crippen LogP contribution in [0.15, 0.2) is 0 Å². The van der Waals surface area contributed by atoms with Crippen molar-refractivity contribution in [2.24, 2.45) is 0 Å². The van der Waals surface area contributed by atoms with Crippen LogP contribution in [0.25, 0.3) is 0 Å². The van der Waals surface area contributed by atoms with Gasteiger partial charge in [0.1, 0.15) is 6.61 Å². The Morgan fingerprint density at radius 1 is 1.11 bits per heavy atom. The zero-order valence-corrected chi connectivity index (χ0v) is 8.11. The normalized spacial score (nSPS) is 22.1. The van der Waals surface area contributed by atoms with Gasteiger partial charge in [0.25, 0.3) is 0 Å². The van der Waals surface area contributed by atoms with Crippen LogP contribution < -0.4 is 0 Å². The Hall–Kier alpha value is -1.29. The number of ether oxygens (including phenoxy) is 2. The molecule has 0 aromatic heterocycles. The molecule has 0 N–H and O–H groups in total. The molecule has 0 radical (unpaired) electrons. The summed E-state index contributed by atoms with van der Waals surface area (Å²) in [5.74, 6) is -18.4. The van der Waals surface area contributed by atoms with Crippen molar-refractivity contribution in [3.05, 3.63) is 0 Å². The van der Waals surface area contributed by atoms with E-state index in [9.17, 15) is 39.9 Å². The Balaban J connectivity index is 3.05. The molecular weight excluding hydrogens is 284 g/mol. The first-order valence-corrected chi connectivity index (χ1v) is 4.19. The molecule has 1 aliphatic rings. The van der Waals surface area contributed by atoms with Crippen molar-refractivity contribution in [3.63, 3.8) is 0 Å². The van der Waals surface area contributed by atoms with Crippen molar-refractivity contribution < 1.29 is 49.4 Å². The molecule has 1 atom stereocenters. The molecule has 18 heavy (non-hydrogen) atoms. The van der Waals surface area contributed by atoms with Crippen LogP contribution >= 0.6 is 0 Å². The van der Waals surface area contributed by atoms with Crippen molar-refractivity contribution in [1.82, 2.24) is 0 Å². The van der Waals surface area contributed by atoms with Crippen LogP contribution in [0.5, 0.6) is 0 Å². The average Bonchev–Trinajstić information content (AvgIpc) is 2.64. The highest BCUT2D eigenvalue weighted by Crippen LogP contribution is 2.50. The van der Waals surface area contributed by atoms with Gasteiger partial charge in [-0.2, -0.15) is 26.3 Å². The van der Waals surface area contributed by atoms with E-state index in [2.05, 4.69) is 9.47 Å². The first-order valence-electron chi connectivity index (χ1n) is 4.19. The Morgan fingerprint density at radius 2 is 1.61 bits per heavy atom. The maximum absolute atomic E-state index is 13.0. The summed E-state index contributed by atoms with van der Waals surface area (Å²) in [7, 11) is 0. The van der Waals surface area contributed by atoms with Crippen LogP contribution in [0.3, 0.4) is 0 Å². The molecule has 0 bridgehead atoms. The minimum absolute atomic E-state index is 1.44. The maximum Gasteiger partial charge on any atom is 0.509 e. The minimum atomic E-state index is -6.41. The van der Waals surface area contributed by atoms with Crippen LogP contribution in [0, 0.1) is 0 Å². The Bertz CT molecular complexity index is 342. The van der Waals surface area contributed by atoms with Gasteiger partial charge in [0.05, 0.1) is 0 Å². The zero-order chi connectivity index (χ0) is 14.4. The summed E-state index contributed by atoms with van der Waals surface area (Å²) in [6.45, 7) is -1.44. The lowest BCUT2D eigenvalue weighted by Crippen LogP contribution is -2.62. The standard InChI is InChI=1S/C7H4F8O3/c8-3(9)6(12,13)7(14,15)5(10,11)2-1-17-4(16)18-2/h2-3H,1H2. The third-order valence-corrected chi connectivity index (χ3v) is 2.11. The van der Waals surface area contributed by atoms with Crippen LogP contribution in [-0.4, -0.2) is 43.1 Å². The van der Waals surface area contributed by atoms with Crippen molar-refractivity contribution in [2.45, 2.75) is 30.3 Å². The summed E-state index contributed by atoms with van der Waals surface area (Å²) >= 11 is 0. The smallest absolute Gasteiger partial charge is 0.430 e. The molecule has 1 unspecified atom stereocenters. The molecule has 1 heterocycles. The molecule has 1 rings (SSSR count). The third-order valence-electron chi connectivity index (χ3n) is 2.11. The second kappa shape index (κ2) is 4.12. The largest absolute Gasteiger partial charge is 0.509 e. The number of cyclic esters (lactones) is 2. The van der Waals surface area contributed by atoms with E-state index in [1.165, 1.54) is 0 Å². The molecule has 0 aromatic rings. The lowest BCUT2D eigenvalue weighted by Gasteiger charge is -2.33. The van der Waals surface area contributed by atoms with Gasteiger partial charge in [-0.25, -0.2) is 13.6 Å². The molecular formula is C7H4F8O3. The van der Waals surface area contributed by atoms with Gasteiger partial charge in [0.15, 0.2) is 0 Å². The molecule has 1 fully saturated rings. The average molecular weight is 288 g/mol. The van der Waals surface area contributed by atoms with E-state index in [1.54, 1.807) is 0 Å². The molecule has 11 heteroatoms. The molecule has 3 nitrogen and oxygen atoms in total. The van der Waals surface area contributed by atoms with Crippen molar-refractivity contribution in [1.29, 1.82) is 0 Å². The first-order chi connectivity index (χ1) is 7.94. The van der Waals surface area contributed by atoms with Crippen LogP contribution in [0.4, 0.5) is 39.9 Å². The number of carbonyl (C=O) groups excluding carboxylic acids is 1. The minimum Gasteiger partial charge on any atom is -0.430 e. The highest BCUT2D eigenvalue weighted by atomic mass is 19.4. The lowest BCUT2D eigenvalue weighted by atomic mass is 10.00. The van der Waals surface area contributed by atoms with Gasteiger partial charge >= 0.3 is 30.3 Å². The summed E-state index contributed by atoms with van der Waals surface area (Å²) in [4.78, 5) is 10.3. The van der Waals surface area contributed by atoms with Crippen LogP contribution in [-0.2, 0) is 9.47 Å². The first kappa shape index (κ1) is 14.8. The highest BCUT2D eigenvalue weighted by Gasteiger charge is 2.78. The van der Waals surface area contributed by atoms with E-state index >= 15 is 0 Å². The summed E-state index contributed by atoms with van der Waals surface area (Å²) in [5, 5.41) is 0. The van der Waals surface area contributed by atoms with Gasteiger partial charge in [-0.15, -0.1) is 0 Å². The fourth-order valence-electron chi connectivity index (χ4n) is 1.07. The molecule has 1 aliphatic heterocycles. The number of hydrogen-bond acceptors (Lipinski definition) is 3. The van der Waals surface area contributed by atoms with Gasteiger partial charge in [-0.1, -0.05) is 0 Å². The van der Waals surface area contributed by atoms with Crippen molar-refractivity contribution >= 4 is 6.16 Å². The number of hydrogen-bond donors (Lipinski definition) is 0. The second-order valence-electron chi connectivity index (χ2n) is 3.29. The van der Waals surface area contributed by atoms with E-state index < -0.39 is 43.1 Å². The Kier molecular flexibility index (Phi) is 3.38. The third kappa shape index (κ3) is 1.94. The second-order valence-corrected chi connectivity index (χ2v) is 3.29. The molecule has 1 saturated heterocycles. The number of rotatable bonds is 4. The summed E-state index contributed by atoms with van der Waals surface area (Å²) in [6, 6.07) is 0. The van der Waals surface area contributed by atoms with E-state index in [0.29, 0.717) is 0 Å². The highest BCUT2D eigenvalue weighted by molar-refractivity contribution is 5.62. The van der Waals surface area contributed by atoms with Crippen LogP contribution in [0.1, 0.15) is 0 Å². The molecule has 0 aromatic carbocycles. The zero-order valence-electron chi connectivity index (χ0n) is 8.11. The van der Waals surface area contributed by atoms with Crippen molar-refractivity contribution in [3.8, 4) is 0 Å². The van der Waals surface area contributed by atoms with Crippen molar-refractivity contribution in [2.75, 3.05) is 6.61 Å². The summed E-state index contributed by atoms with van der Waals surface area (Å²) in [5.41, 5.74) is 0. The Labute approximate surface area is 93.6 Å². The summed E-state index contributed by atoms with van der Waals surface area (Å²) in [6.07, 6.45) is -9.86. The monoisotopic (exact) mass is 288 g/mol. The quantitative estimate of drug-likeness (QED) is 0.589. The number of halogens is 8. The summed E-state index contributed by atoms with van der Waals surface area (Å²) < 4.78 is 107. The number of carbonyl (C=O) groups is 1.